The molecule has 3 heterocycles. The highest BCUT2D eigenvalue weighted by Crippen LogP contribution is 2.39. The highest BCUT2D eigenvalue weighted by Gasteiger charge is 2.34. The maximum Gasteiger partial charge on any atom is 0.415 e. The van der Waals surface area contributed by atoms with Gasteiger partial charge in [-0.2, -0.15) is 4.99 Å². The van der Waals surface area contributed by atoms with Crippen LogP contribution in [0.2, 0.25) is 0 Å². The Labute approximate surface area is 200 Å². The number of ether oxygens (including phenoxy) is 1. The molecule has 184 valence electrons. The van der Waals surface area contributed by atoms with Crippen molar-refractivity contribution in [3.05, 3.63) is 34.5 Å². The monoisotopic (exact) mass is 512 g/mol. The molecule has 1 aromatic rings. The molecule has 13 heteroatoms. The van der Waals surface area contributed by atoms with Crippen LogP contribution in [-0.2, 0) is 9.36 Å². The summed E-state index contributed by atoms with van der Waals surface area (Å²) in [6, 6.07) is 3.71. The van der Waals surface area contributed by atoms with Gasteiger partial charge < -0.3 is 19.4 Å². The first kappa shape index (κ1) is 24.9. The number of amidine groups is 1. The second kappa shape index (κ2) is 10.6. The molecule has 2 fully saturated rings. The van der Waals surface area contributed by atoms with Crippen molar-refractivity contribution in [2.24, 2.45) is 4.99 Å². The number of likely N-dealkylation sites (tertiary alicyclic amines) is 1. The number of thioether (sulfide) groups is 1. The highest BCUT2D eigenvalue weighted by molar-refractivity contribution is 8.18. The normalized spacial score (nSPS) is 21.2. The minimum absolute atomic E-state index is 0.132. The Morgan fingerprint density at radius 2 is 1.85 bits per heavy atom. The van der Waals surface area contributed by atoms with E-state index in [2.05, 4.69) is 4.99 Å². The zero-order valence-corrected chi connectivity index (χ0v) is 20.1. The lowest BCUT2D eigenvalue weighted by Crippen LogP contribution is -2.49. The predicted molar refractivity (Wildman–Crippen MR) is 125 cm³/mol. The summed E-state index contributed by atoms with van der Waals surface area (Å²) in [4.78, 5) is 49.8. The maximum atomic E-state index is 14.0. The van der Waals surface area contributed by atoms with Crippen molar-refractivity contribution in [3.63, 3.8) is 0 Å². The van der Waals surface area contributed by atoms with Gasteiger partial charge in [0.15, 0.2) is 5.17 Å². The molecular formula is C21H26FN4O6PS. The van der Waals surface area contributed by atoms with Crippen LogP contribution in [0.1, 0.15) is 37.7 Å². The van der Waals surface area contributed by atoms with Crippen LogP contribution in [0.3, 0.4) is 0 Å². The quantitative estimate of drug-likeness (QED) is 0.462. The van der Waals surface area contributed by atoms with E-state index >= 15 is 0 Å². The van der Waals surface area contributed by atoms with Crippen LogP contribution >= 0.6 is 19.4 Å². The number of piperidine rings is 1. The van der Waals surface area contributed by atoms with Crippen molar-refractivity contribution in [2.75, 3.05) is 32.5 Å². The van der Waals surface area contributed by atoms with E-state index in [1.807, 2.05) is 0 Å². The number of amides is 2. The number of carbonyl (C=O) groups is 2. The molecule has 2 saturated heterocycles. The zero-order valence-electron chi connectivity index (χ0n) is 18.4. The molecule has 0 atom stereocenters. The molecule has 0 saturated carbocycles. The van der Waals surface area contributed by atoms with Gasteiger partial charge in [0.25, 0.3) is 5.91 Å². The van der Waals surface area contributed by atoms with Gasteiger partial charge in [0.05, 0.1) is 4.91 Å². The molecule has 0 aromatic heterocycles. The maximum absolute atomic E-state index is 14.0. The highest BCUT2D eigenvalue weighted by atomic mass is 32.2. The SMILES string of the molecule is O=C1N=C(N2CCCCN2CP(=O)(O)O)S/C1=C\c1cc(F)ccc1OC(=O)N1CCCCC1. The molecule has 0 aliphatic carbocycles. The Bertz CT molecular complexity index is 1070. The van der Waals surface area contributed by atoms with Crippen LogP contribution < -0.4 is 4.74 Å². The van der Waals surface area contributed by atoms with E-state index in [1.165, 1.54) is 29.3 Å². The summed E-state index contributed by atoms with van der Waals surface area (Å²) in [5, 5.41) is 3.41. The fraction of sp³-hybridized carbons (Fsp3) is 0.476. The van der Waals surface area contributed by atoms with E-state index in [0.29, 0.717) is 31.3 Å². The lowest BCUT2D eigenvalue weighted by molar-refractivity contribution is -0.113. The number of hydrogen-bond acceptors (Lipinski definition) is 7. The molecule has 0 radical (unpaired) electrons. The third-order valence-electron chi connectivity index (χ3n) is 5.63. The summed E-state index contributed by atoms with van der Waals surface area (Å²) in [6.45, 7) is 2.09. The van der Waals surface area contributed by atoms with Crippen LogP contribution in [0, 0.1) is 5.82 Å². The third-order valence-corrected chi connectivity index (χ3v) is 7.32. The van der Waals surface area contributed by atoms with Gasteiger partial charge in [0.1, 0.15) is 17.9 Å². The molecular weight excluding hydrogens is 486 g/mol. The first-order chi connectivity index (χ1) is 16.2. The van der Waals surface area contributed by atoms with Crippen molar-refractivity contribution >= 4 is 42.6 Å². The average molecular weight is 513 g/mol. The van der Waals surface area contributed by atoms with Gasteiger partial charge in [-0.05, 0) is 68.1 Å². The molecule has 4 rings (SSSR count). The van der Waals surface area contributed by atoms with Crippen molar-refractivity contribution in [2.45, 2.75) is 32.1 Å². The standard InChI is InChI=1S/C21H26FN4O6PS/c22-16-6-7-17(32-21(28)24-8-2-1-3-9-24)15(12-16)13-18-19(27)23-20(34-18)26-11-5-4-10-25(26)14-33(29,30)31/h6-7,12-13H,1-5,8-11,14H2,(H2,29,30,31)/b18-13-. The second-order valence-electron chi connectivity index (χ2n) is 8.27. The van der Waals surface area contributed by atoms with Crippen LogP contribution in [0.25, 0.3) is 6.08 Å². The summed E-state index contributed by atoms with van der Waals surface area (Å²) < 4.78 is 31.0. The number of rotatable bonds is 4. The second-order valence-corrected chi connectivity index (χ2v) is 10.9. The fourth-order valence-corrected chi connectivity index (χ4v) is 5.68. The molecule has 3 aliphatic rings. The number of hydrogen-bond donors (Lipinski definition) is 2. The van der Waals surface area contributed by atoms with E-state index < -0.39 is 31.7 Å². The van der Waals surface area contributed by atoms with E-state index in [4.69, 9.17) is 4.74 Å². The van der Waals surface area contributed by atoms with Gasteiger partial charge in [-0.3, -0.25) is 14.4 Å². The van der Waals surface area contributed by atoms with Crippen molar-refractivity contribution in [1.29, 1.82) is 0 Å². The Hall–Kier alpha value is -2.24. The summed E-state index contributed by atoms with van der Waals surface area (Å²) in [6.07, 6.45) is 4.83. The number of benzene rings is 1. The van der Waals surface area contributed by atoms with Gasteiger partial charge in [-0.15, -0.1) is 0 Å². The van der Waals surface area contributed by atoms with Crippen LogP contribution in [0.15, 0.2) is 28.1 Å². The number of halogens is 1. The smallest absolute Gasteiger partial charge is 0.410 e. The Morgan fingerprint density at radius 3 is 2.59 bits per heavy atom. The summed E-state index contributed by atoms with van der Waals surface area (Å²) >= 11 is 1.03. The van der Waals surface area contributed by atoms with E-state index in [0.717, 1.165) is 43.9 Å². The van der Waals surface area contributed by atoms with Gasteiger partial charge in [0.2, 0.25) is 0 Å². The summed E-state index contributed by atoms with van der Waals surface area (Å²) in [5.41, 5.74) is 0.225. The summed E-state index contributed by atoms with van der Waals surface area (Å²) in [7, 11) is -4.31. The van der Waals surface area contributed by atoms with Crippen LogP contribution in [-0.4, -0.2) is 74.3 Å². The molecule has 3 aliphatic heterocycles. The van der Waals surface area contributed by atoms with Crippen molar-refractivity contribution in [1.82, 2.24) is 14.9 Å². The lowest BCUT2D eigenvalue weighted by atomic mass is 10.1. The largest absolute Gasteiger partial charge is 0.415 e. The van der Waals surface area contributed by atoms with Crippen molar-refractivity contribution in [3.8, 4) is 5.75 Å². The minimum Gasteiger partial charge on any atom is -0.410 e. The Kier molecular flexibility index (Phi) is 7.73. The first-order valence-corrected chi connectivity index (χ1v) is 13.7. The number of carbonyl (C=O) groups excluding carboxylic acids is 2. The van der Waals surface area contributed by atoms with Gasteiger partial charge in [-0.1, -0.05) is 0 Å². The molecule has 1 aromatic carbocycles. The Morgan fingerprint density at radius 1 is 1.15 bits per heavy atom. The number of aliphatic imine (C=N–C) groups is 1. The lowest BCUT2D eigenvalue weighted by Gasteiger charge is -2.39. The number of hydrazine groups is 1. The summed E-state index contributed by atoms with van der Waals surface area (Å²) in [5.74, 6) is -0.975. The van der Waals surface area contributed by atoms with Crippen molar-refractivity contribution < 1.29 is 33.1 Å². The molecule has 2 amide bonds. The molecule has 0 unspecified atom stereocenters. The Balaban J connectivity index is 1.52. The van der Waals surface area contributed by atoms with Gasteiger partial charge in [-0.25, -0.2) is 14.2 Å². The van der Waals surface area contributed by atoms with Crippen LogP contribution in [0.5, 0.6) is 5.75 Å². The van der Waals surface area contributed by atoms with Crippen LogP contribution in [0.4, 0.5) is 9.18 Å². The molecule has 0 spiro atoms. The van der Waals surface area contributed by atoms with E-state index in [1.54, 1.807) is 9.91 Å². The molecule has 10 nitrogen and oxygen atoms in total. The van der Waals surface area contributed by atoms with Gasteiger partial charge >= 0.3 is 13.7 Å². The average Bonchev–Trinajstić information content (AvgIpc) is 3.15. The van der Waals surface area contributed by atoms with E-state index in [9.17, 15) is 28.3 Å². The molecule has 34 heavy (non-hydrogen) atoms. The molecule has 2 N–H and O–H groups in total. The minimum atomic E-state index is -4.31. The first-order valence-electron chi connectivity index (χ1n) is 11.1. The topological polar surface area (TPSA) is 123 Å². The van der Waals surface area contributed by atoms with Gasteiger partial charge in [0, 0.05) is 31.7 Å². The predicted octanol–water partition coefficient (Wildman–Crippen LogP) is 3.23. The number of nitrogens with zero attached hydrogens (tertiary/aromatic N) is 4. The van der Waals surface area contributed by atoms with E-state index in [-0.39, 0.29) is 16.2 Å². The fourth-order valence-electron chi connectivity index (χ4n) is 4.00. The molecule has 0 bridgehead atoms. The zero-order chi connectivity index (χ0) is 24.3. The third kappa shape index (κ3) is 6.25.